The number of nitrogens with zero attached hydrogens (tertiary/aromatic N) is 3. The lowest BCUT2D eigenvalue weighted by Gasteiger charge is -2.11. The van der Waals surface area contributed by atoms with Crippen molar-refractivity contribution in [3.63, 3.8) is 0 Å². The standard InChI is InChI=1S/C26H23N3O4S/c1-31-21-10-7-19(8-11-21)25-27-28-26(29(25)14-13-18-5-3-2-4-6-18)34-16-22(30)20-9-12-23-24(15-20)33-17-32-23/h2-12,15H,13-14,16-17H2,1H3. The first-order valence-corrected chi connectivity index (χ1v) is 11.9. The normalized spacial score (nSPS) is 12.0. The Morgan fingerprint density at radius 1 is 1.00 bits per heavy atom. The highest BCUT2D eigenvalue weighted by Crippen LogP contribution is 2.33. The fraction of sp³-hybridized carbons (Fsp3) is 0.192. The second-order valence-electron chi connectivity index (χ2n) is 7.70. The lowest BCUT2D eigenvalue weighted by atomic mass is 10.1. The summed E-state index contributed by atoms with van der Waals surface area (Å²) in [6.45, 7) is 0.874. The highest BCUT2D eigenvalue weighted by Gasteiger charge is 2.19. The molecule has 0 aliphatic carbocycles. The van der Waals surface area contributed by atoms with Crippen LogP contribution < -0.4 is 14.2 Å². The molecule has 5 rings (SSSR count). The van der Waals surface area contributed by atoms with E-state index in [4.69, 9.17) is 14.2 Å². The number of aromatic nitrogens is 3. The van der Waals surface area contributed by atoms with Crippen LogP contribution in [-0.2, 0) is 13.0 Å². The van der Waals surface area contributed by atoms with Crippen molar-refractivity contribution in [3.05, 3.63) is 83.9 Å². The van der Waals surface area contributed by atoms with Crippen molar-refractivity contribution < 1.29 is 19.0 Å². The Balaban J connectivity index is 1.36. The number of benzene rings is 3. The maximum absolute atomic E-state index is 12.9. The zero-order chi connectivity index (χ0) is 23.3. The van der Waals surface area contributed by atoms with Gasteiger partial charge in [0.15, 0.2) is 28.3 Å². The highest BCUT2D eigenvalue weighted by atomic mass is 32.2. The molecule has 8 heteroatoms. The van der Waals surface area contributed by atoms with Gasteiger partial charge >= 0.3 is 0 Å². The smallest absolute Gasteiger partial charge is 0.231 e. The molecule has 0 radical (unpaired) electrons. The number of thioether (sulfide) groups is 1. The number of fused-ring (bicyclic) bond motifs is 1. The number of ether oxygens (including phenoxy) is 3. The van der Waals surface area contributed by atoms with Crippen LogP contribution in [0, 0.1) is 0 Å². The molecule has 4 aromatic rings. The Bertz CT molecular complexity index is 1290. The molecule has 0 atom stereocenters. The molecular formula is C26H23N3O4S. The van der Waals surface area contributed by atoms with Gasteiger partial charge in [0.2, 0.25) is 6.79 Å². The van der Waals surface area contributed by atoms with E-state index in [2.05, 4.69) is 26.9 Å². The number of methoxy groups -OCH3 is 1. The average Bonchev–Trinajstić information content (AvgIpc) is 3.53. The maximum Gasteiger partial charge on any atom is 0.231 e. The fourth-order valence-electron chi connectivity index (χ4n) is 3.72. The van der Waals surface area contributed by atoms with Crippen molar-refractivity contribution in [3.8, 4) is 28.6 Å². The second kappa shape index (κ2) is 10.0. The molecule has 172 valence electrons. The zero-order valence-electron chi connectivity index (χ0n) is 18.6. The summed E-state index contributed by atoms with van der Waals surface area (Å²) in [5.74, 6) is 3.04. The van der Waals surface area contributed by atoms with E-state index in [-0.39, 0.29) is 18.3 Å². The van der Waals surface area contributed by atoms with E-state index in [1.54, 1.807) is 25.3 Å². The lowest BCUT2D eigenvalue weighted by molar-refractivity contribution is 0.102. The van der Waals surface area contributed by atoms with E-state index in [1.165, 1.54) is 17.3 Å². The monoisotopic (exact) mass is 473 g/mol. The molecule has 3 aromatic carbocycles. The van der Waals surface area contributed by atoms with Gasteiger partial charge in [-0.25, -0.2) is 0 Å². The van der Waals surface area contributed by atoms with E-state index in [1.807, 2.05) is 42.5 Å². The highest BCUT2D eigenvalue weighted by molar-refractivity contribution is 7.99. The topological polar surface area (TPSA) is 75.5 Å². The van der Waals surface area contributed by atoms with Gasteiger partial charge < -0.3 is 18.8 Å². The third-order valence-electron chi connectivity index (χ3n) is 5.56. The Morgan fingerprint density at radius 3 is 2.59 bits per heavy atom. The van der Waals surface area contributed by atoms with Gasteiger partial charge in [-0.05, 0) is 54.4 Å². The van der Waals surface area contributed by atoms with Gasteiger partial charge in [0, 0.05) is 17.7 Å². The summed E-state index contributed by atoms with van der Waals surface area (Å²) in [6, 6.07) is 23.3. The predicted molar refractivity (Wildman–Crippen MR) is 130 cm³/mol. The molecule has 1 aromatic heterocycles. The van der Waals surface area contributed by atoms with Crippen molar-refractivity contribution >= 4 is 17.5 Å². The SMILES string of the molecule is COc1ccc(-c2nnc(SCC(=O)c3ccc4c(c3)OCO4)n2CCc2ccccc2)cc1. The molecule has 0 bridgehead atoms. The number of rotatable bonds is 9. The quantitative estimate of drug-likeness (QED) is 0.253. The molecule has 0 N–H and O–H groups in total. The maximum atomic E-state index is 12.9. The van der Waals surface area contributed by atoms with Gasteiger partial charge in [0.1, 0.15) is 5.75 Å². The van der Waals surface area contributed by atoms with Crippen molar-refractivity contribution in [1.29, 1.82) is 0 Å². The van der Waals surface area contributed by atoms with Crippen LogP contribution in [0.4, 0.5) is 0 Å². The van der Waals surface area contributed by atoms with Crippen LogP contribution in [-0.4, -0.2) is 40.2 Å². The number of hydrogen-bond donors (Lipinski definition) is 0. The number of carbonyl (C=O) groups excluding carboxylic acids is 1. The van der Waals surface area contributed by atoms with Crippen LogP contribution in [0.15, 0.2) is 78.0 Å². The van der Waals surface area contributed by atoms with Crippen LogP contribution in [0.3, 0.4) is 0 Å². The van der Waals surface area contributed by atoms with Crippen molar-refractivity contribution in [1.82, 2.24) is 14.8 Å². The summed E-state index contributed by atoms with van der Waals surface area (Å²) in [4.78, 5) is 12.9. The average molecular weight is 474 g/mol. The number of ketones is 1. The van der Waals surface area contributed by atoms with Crippen molar-refractivity contribution in [2.75, 3.05) is 19.7 Å². The summed E-state index contributed by atoms with van der Waals surface area (Å²) in [5, 5.41) is 9.58. The van der Waals surface area contributed by atoms with Crippen LogP contribution in [0.25, 0.3) is 11.4 Å². The molecule has 0 spiro atoms. The Kier molecular flexibility index (Phi) is 6.49. The minimum absolute atomic E-state index is 0.00749. The molecule has 2 heterocycles. The Hall–Kier alpha value is -3.78. The minimum Gasteiger partial charge on any atom is -0.497 e. The summed E-state index contributed by atoms with van der Waals surface area (Å²) >= 11 is 1.38. The third-order valence-corrected chi connectivity index (χ3v) is 6.53. The minimum atomic E-state index is -0.00749. The second-order valence-corrected chi connectivity index (χ2v) is 8.64. The van der Waals surface area contributed by atoms with Crippen LogP contribution >= 0.6 is 11.8 Å². The van der Waals surface area contributed by atoms with Gasteiger partial charge in [-0.1, -0.05) is 42.1 Å². The van der Waals surface area contributed by atoms with Crippen LogP contribution in [0.5, 0.6) is 17.2 Å². The molecule has 0 amide bonds. The van der Waals surface area contributed by atoms with Crippen LogP contribution in [0.2, 0.25) is 0 Å². The third kappa shape index (κ3) is 4.77. The Labute approximate surface area is 201 Å². The number of carbonyl (C=O) groups is 1. The van der Waals surface area contributed by atoms with Gasteiger partial charge in [0.05, 0.1) is 12.9 Å². The molecular weight excluding hydrogens is 450 g/mol. The van der Waals surface area contributed by atoms with E-state index in [9.17, 15) is 4.79 Å². The van der Waals surface area contributed by atoms with Gasteiger partial charge in [-0.3, -0.25) is 4.79 Å². The summed E-state index contributed by atoms with van der Waals surface area (Å²) in [6.07, 6.45) is 0.825. The van der Waals surface area contributed by atoms with Crippen molar-refractivity contribution in [2.24, 2.45) is 0 Å². The van der Waals surface area contributed by atoms with Gasteiger partial charge in [-0.2, -0.15) is 0 Å². The first-order valence-electron chi connectivity index (χ1n) is 10.9. The molecule has 0 saturated heterocycles. The fourth-order valence-corrected chi connectivity index (χ4v) is 4.58. The number of hydrogen-bond acceptors (Lipinski definition) is 7. The largest absolute Gasteiger partial charge is 0.497 e. The molecule has 0 unspecified atom stereocenters. The van der Waals surface area contributed by atoms with Gasteiger partial charge in [0.25, 0.3) is 0 Å². The Morgan fingerprint density at radius 2 is 1.79 bits per heavy atom. The lowest BCUT2D eigenvalue weighted by Crippen LogP contribution is -2.08. The zero-order valence-corrected chi connectivity index (χ0v) is 19.5. The van der Waals surface area contributed by atoms with Gasteiger partial charge in [-0.15, -0.1) is 10.2 Å². The molecule has 0 fully saturated rings. The summed E-state index contributed by atoms with van der Waals surface area (Å²) in [7, 11) is 1.64. The molecule has 1 aliphatic heterocycles. The number of Topliss-reactive ketones (excluding diaryl/α,β-unsaturated/α-hetero) is 1. The van der Waals surface area contributed by atoms with E-state index in [0.29, 0.717) is 28.8 Å². The van der Waals surface area contributed by atoms with E-state index < -0.39 is 0 Å². The predicted octanol–water partition coefficient (Wildman–Crippen LogP) is 4.90. The summed E-state index contributed by atoms with van der Waals surface area (Å²) in [5.41, 5.74) is 2.75. The molecule has 0 saturated carbocycles. The molecule has 1 aliphatic rings. The molecule has 34 heavy (non-hydrogen) atoms. The first-order chi connectivity index (χ1) is 16.7. The number of aryl methyl sites for hydroxylation is 1. The van der Waals surface area contributed by atoms with E-state index >= 15 is 0 Å². The van der Waals surface area contributed by atoms with E-state index in [0.717, 1.165) is 23.6 Å². The van der Waals surface area contributed by atoms with Crippen molar-refractivity contribution in [2.45, 2.75) is 18.1 Å². The summed E-state index contributed by atoms with van der Waals surface area (Å²) < 4.78 is 18.1. The molecule has 7 nitrogen and oxygen atoms in total. The van der Waals surface area contributed by atoms with Crippen LogP contribution in [0.1, 0.15) is 15.9 Å². The first kappa shape index (κ1) is 22.0.